The van der Waals surface area contributed by atoms with Crippen LogP contribution in [-0.2, 0) is 13.0 Å². The van der Waals surface area contributed by atoms with Crippen LogP contribution in [-0.4, -0.2) is 22.6 Å². The fraction of sp³-hybridized carbons (Fsp3) is 0.526. The number of rotatable bonds is 4. The molecule has 1 aliphatic heterocycles. The number of phenolic OH excluding ortho intramolecular Hbond substituents is 1. The number of benzene rings is 1. The van der Waals surface area contributed by atoms with Crippen LogP contribution in [0.4, 0.5) is 0 Å². The van der Waals surface area contributed by atoms with Crippen molar-refractivity contribution in [3.05, 3.63) is 38.7 Å². The first kappa shape index (κ1) is 17.3. The molecule has 1 atom stereocenters. The highest BCUT2D eigenvalue weighted by Gasteiger charge is 2.25. The Morgan fingerprint density at radius 2 is 2.12 bits per heavy atom. The lowest BCUT2D eigenvalue weighted by atomic mass is 9.98. The number of likely N-dealkylation sites (tertiary alicyclic amines) is 1. The van der Waals surface area contributed by atoms with Crippen LogP contribution >= 0.6 is 11.6 Å². The Morgan fingerprint density at radius 3 is 2.83 bits per heavy atom. The summed E-state index contributed by atoms with van der Waals surface area (Å²) in [4.78, 5) is 14.3. The Kier molecular flexibility index (Phi) is 5.16. The van der Waals surface area contributed by atoms with E-state index in [-0.39, 0.29) is 11.4 Å². The maximum atomic E-state index is 11.9. The zero-order chi connectivity index (χ0) is 17.3. The van der Waals surface area contributed by atoms with Gasteiger partial charge < -0.3 is 9.52 Å². The van der Waals surface area contributed by atoms with Gasteiger partial charge in [0.1, 0.15) is 11.3 Å². The average Bonchev–Trinajstić information content (AvgIpc) is 2.59. The van der Waals surface area contributed by atoms with Crippen molar-refractivity contribution in [3.63, 3.8) is 0 Å². The Morgan fingerprint density at radius 1 is 1.33 bits per heavy atom. The third-order valence-electron chi connectivity index (χ3n) is 5.10. The van der Waals surface area contributed by atoms with E-state index >= 15 is 0 Å². The number of piperidine rings is 1. The molecule has 0 aliphatic carbocycles. The van der Waals surface area contributed by atoms with Crippen molar-refractivity contribution < 1.29 is 9.52 Å². The lowest BCUT2D eigenvalue weighted by Crippen LogP contribution is -2.38. The summed E-state index contributed by atoms with van der Waals surface area (Å²) in [5, 5.41) is 11.6. The molecule has 0 bridgehead atoms. The van der Waals surface area contributed by atoms with Gasteiger partial charge in [-0.3, -0.25) is 4.90 Å². The van der Waals surface area contributed by atoms with Gasteiger partial charge in [0, 0.05) is 24.0 Å². The van der Waals surface area contributed by atoms with Gasteiger partial charge in [0.2, 0.25) is 0 Å². The molecule has 1 fully saturated rings. The van der Waals surface area contributed by atoms with Crippen molar-refractivity contribution >= 4 is 22.6 Å². The maximum absolute atomic E-state index is 11.9. The van der Waals surface area contributed by atoms with Gasteiger partial charge in [-0.2, -0.15) is 0 Å². The van der Waals surface area contributed by atoms with E-state index in [1.165, 1.54) is 18.9 Å². The van der Waals surface area contributed by atoms with Gasteiger partial charge in [-0.05, 0) is 43.9 Å². The highest BCUT2D eigenvalue weighted by atomic mass is 35.5. The topological polar surface area (TPSA) is 53.7 Å². The van der Waals surface area contributed by atoms with Crippen LogP contribution in [0, 0.1) is 0 Å². The van der Waals surface area contributed by atoms with Crippen molar-refractivity contribution in [1.29, 1.82) is 0 Å². The van der Waals surface area contributed by atoms with E-state index in [9.17, 15) is 9.90 Å². The van der Waals surface area contributed by atoms with Crippen LogP contribution in [0.1, 0.15) is 50.7 Å². The highest BCUT2D eigenvalue weighted by Crippen LogP contribution is 2.37. The number of hydrogen-bond acceptors (Lipinski definition) is 4. The first-order valence-corrected chi connectivity index (χ1v) is 9.14. The first-order valence-electron chi connectivity index (χ1n) is 8.76. The second-order valence-corrected chi connectivity index (χ2v) is 6.94. The molecule has 0 amide bonds. The van der Waals surface area contributed by atoms with E-state index in [1.807, 2.05) is 6.92 Å². The van der Waals surface area contributed by atoms with Crippen molar-refractivity contribution in [2.75, 3.05) is 6.54 Å². The fourth-order valence-corrected chi connectivity index (χ4v) is 3.98. The zero-order valence-electron chi connectivity index (χ0n) is 14.3. The van der Waals surface area contributed by atoms with E-state index in [4.69, 9.17) is 16.0 Å². The van der Waals surface area contributed by atoms with Gasteiger partial charge in [-0.1, -0.05) is 31.9 Å². The monoisotopic (exact) mass is 349 g/mol. The van der Waals surface area contributed by atoms with Gasteiger partial charge in [-0.25, -0.2) is 4.79 Å². The lowest BCUT2D eigenvalue weighted by molar-refractivity contribution is 0.135. The van der Waals surface area contributed by atoms with E-state index in [0.717, 1.165) is 30.3 Å². The van der Waals surface area contributed by atoms with Crippen molar-refractivity contribution in [1.82, 2.24) is 4.90 Å². The molecule has 3 rings (SSSR count). The molecular formula is C19H24ClNO3. The minimum atomic E-state index is -0.381. The van der Waals surface area contributed by atoms with E-state index in [1.54, 1.807) is 6.07 Å². The van der Waals surface area contributed by atoms with E-state index in [0.29, 0.717) is 35.2 Å². The number of nitrogens with zero attached hydrogens (tertiary/aromatic N) is 1. The summed E-state index contributed by atoms with van der Waals surface area (Å²) in [6.45, 7) is 5.72. The third-order valence-corrected chi connectivity index (χ3v) is 5.39. The van der Waals surface area contributed by atoms with Crippen molar-refractivity contribution in [2.24, 2.45) is 0 Å². The molecule has 1 saturated heterocycles. The van der Waals surface area contributed by atoms with Crippen LogP contribution in [0.25, 0.3) is 11.0 Å². The molecule has 0 radical (unpaired) electrons. The molecule has 1 aromatic heterocycles. The SMILES string of the molecule is CCc1cc(=O)oc2c(CN3CCCC[C@H]3CC)c(O)c(Cl)cc12. The quantitative estimate of drug-likeness (QED) is 0.827. The number of hydrogen-bond donors (Lipinski definition) is 1. The molecular weight excluding hydrogens is 326 g/mol. The van der Waals surface area contributed by atoms with Crippen LogP contribution in [0.15, 0.2) is 21.3 Å². The summed E-state index contributed by atoms with van der Waals surface area (Å²) in [5.41, 5.74) is 1.62. The smallest absolute Gasteiger partial charge is 0.336 e. The number of phenols is 1. The molecule has 4 nitrogen and oxygen atoms in total. The second kappa shape index (κ2) is 7.16. The lowest BCUT2D eigenvalue weighted by Gasteiger charge is -2.35. The molecule has 1 aliphatic rings. The summed E-state index contributed by atoms with van der Waals surface area (Å²) in [7, 11) is 0. The number of aromatic hydroxyl groups is 1. The molecule has 0 saturated carbocycles. The zero-order valence-corrected chi connectivity index (χ0v) is 15.0. The standard InChI is InChI=1S/C19H24ClNO3/c1-3-12-9-17(22)24-19-14(12)10-16(20)18(23)15(19)11-21-8-6-5-7-13(21)4-2/h9-10,13,23H,3-8,11H2,1-2H3/t13-/m1/s1. The van der Waals surface area contributed by atoms with Gasteiger partial charge in [-0.15, -0.1) is 0 Å². The molecule has 24 heavy (non-hydrogen) atoms. The third kappa shape index (κ3) is 3.17. The minimum Gasteiger partial charge on any atom is -0.506 e. The van der Waals surface area contributed by atoms with Crippen LogP contribution in [0.5, 0.6) is 5.75 Å². The van der Waals surface area contributed by atoms with Crippen molar-refractivity contribution in [2.45, 2.75) is 58.5 Å². The summed E-state index contributed by atoms with van der Waals surface area (Å²) in [5.74, 6) is 0.0287. The summed E-state index contributed by atoms with van der Waals surface area (Å²) < 4.78 is 5.48. The summed E-state index contributed by atoms with van der Waals surface area (Å²) >= 11 is 6.26. The normalized spacial score (nSPS) is 19.0. The number of fused-ring (bicyclic) bond motifs is 1. The maximum Gasteiger partial charge on any atom is 0.336 e. The molecule has 5 heteroatoms. The predicted molar refractivity (Wildman–Crippen MR) is 96.9 cm³/mol. The van der Waals surface area contributed by atoms with Gasteiger partial charge in [0.15, 0.2) is 0 Å². The molecule has 130 valence electrons. The van der Waals surface area contributed by atoms with Crippen LogP contribution < -0.4 is 5.63 Å². The molecule has 2 heterocycles. The molecule has 0 spiro atoms. The fourth-order valence-electron chi connectivity index (χ4n) is 3.75. The van der Waals surface area contributed by atoms with Gasteiger partial charge in [0.25, 0.3) is 0 Å². The van der Waals surface area contributed by atoms with Crippen LogP contribution in [0.2, 0.25) is 5.02 Å². The van der Waals surface area contributed by atoms with Crippen molar-refractivity contribution in [3.8, 4) is 5.75 Å². The Labute approximate surface area is 147 Å². The average molecular weight is 350 g/mol. The largest absolute Gasteiger partial charge is 0.506 e. The van der Waals surface area contributed by atoms with Gasteiger partial charge in [0.05, 0.1) is 10.6 Å². The molecule has 1 N–H and O–H groups in total. The van der Waals surface area contributed by atoms with E-state index < -0.39 is 0 Å². The molecule has 1 aromatic carbocycles. The Balaban J connectivity index is 2.13. The summed E-state index contributed by atoms with van der Waals surface area (Å²) in [6.07, 6.45) is 5.35. The second-order valence-electron chi connectivity index (χ2n) is 6.53. The first-order chi connectivity index (χ1) is 11.5. The van der Waals surface area contributed by atoms with Gasteiger partial charge >= 0.3 is 5.63 Å². The van der Waals surface area contributed by atoms with Crippen LogP contribution in [0.3, 0.4) is 0 Å². The summed E-state index contributed by atoms with van der Waals surface area (Å²) in [6, 6.07) is 3.70. The highest BCUT2D eigenvalue weighted by molar-refractivity contribution is 6.33. The minimum absolute atomic E-state index is 0.0287. The van der Waals surface area contributed by atoms with E-state index in [2.05, 4.69) is 11.8 Å². The Hall–Kier alpha value is -1.52. The molecule has 0 unspecified atom stereocenters. The number of halogens is 1. The Bertz CT molecular complexity index is 799. The molecule has 2 aromatic rings. The number of aryl methyl sites for hydroxylation is 1. The predicted octanol–water partition coefficient (Wildman–Crippen LogP) is 4.48.